The van der Waals surface area contributed by atoms with Crippen molar-refractivity contribution >= 4 is 18.1 Å². The molecule has 2 aliphatic carbocycles. The Bertz CT molecular complexity index is 1060. The highest BCUT2D eigenvalue weighted by Crippen LogP contribution is 2.34. The maximum atomic E-state index is 12.4. The molecule has 8 heteroatoms. The van der Waals surface area contributed by atoms with Gasteiger partial charge in [0.1, 0.15) is 5.54 Å². The van der Waals surface area contributed by atoms with Crippen molar-refractivity contribution in [3.05, 3.63) is 53.5 Å². The number of amides is 1. The van der Waals surface area contributed by atoms with Crippen LogP contribution >= 0.6 is 0 Å². The number of hydrogen-bond acceptors (Lipinski definition) is 7. The fraction of sp³-hybridized carbons (Fsp3) is 0.318. The molecule has 0 radical (unpaired) electrons. The molecule has 0 atom stereocenters. The second-order valence-corrected chi connectivity index (χ2v) is 7.71. The number of nitrogens with one attached hydrogen (secondary N) is 2. The molecule has 1 aromatic heterocycles. The standard InChI is InChI=1S/C22H23N7O/c1-14-11-26-21(27-18(10-23)12-25-17-6-7-17)28-19(14)15-2-4-16(5-3-15)20(30)29-22(13-24)8-9-22/h2-5,10-12,17H,6-9,23H2,1H3,(H,29,30)(H,26,27,28). The topological polar surface area (TPSA) is 129 Å². The Morgan fingerprint density at radius 2 is 2.07 bits per heavy atom. The van der Waals surface area contributed by atoms with E-state index in [2.05, 4.69) is 31.7 Å². The van der Waals surface area contributed by atoms with Crippen LogP contribution in [-0.2, 0) is 0 Å². The average molecular weight is 401 g/mol. The fourth-order valence-corrected chi connectivity index (χ4v) is 2.91. The number of hydrogen-bond donors (Lipinski definition) is 3. The van der Waals surface area contributed by atoms with Crippen LogP contribution in [0.3, 0.4) is 0 Å². The van der Waals surface area contributed by atoms with E-state index in [-0.39, 0.29) is 5.91 Å². The predicted molar refractivity (Wildman–Crippen MR) is 115 cm³/mol. The molecule has 0 spiro atoms. The summed E-state index contributed by atoms with van der Waals surface area (Å²) in [5, 5.41) is 15.0. The fourth-order valence-electron chi connectivity index (χ4n) is 2.91. The lowest BCUT2D eigenvalue weighted by molar-refractivity contribution is 0.0941. The lowest BCUT2D eigenvalue weighted by Crippen LogP contribution is -2.35. The Morgan fingerprint density at radius 1 is 1.33 bits per heavy atom. The van der Waals surface area contributed by atoms with Gasteiger partial charge < -0.3 is 16.4 Å². The third-order valence-corrected chi connectivity index (χ3v) is 5.12. The number of nitriles is 1. The van der Waals surface area contributed by atoms with Gasteiger partial charge in [0.05, 0.1) is 23.5 Å². The zero-order valence-electron chi connectivity index (χ0n) is 16.7. The number of aliphatic imine (C=N–C) groups is 1. The van der Waals surface area contributed by atoms with Gasteiger partial charge in [-0.25, -0.2) is 9.97 Å². The van der Waals surface area contributed by atoms with Gasteiger partial charge in [-0.3, -0.25) is 9.79 Å². The second kappa shape index (κ2) is 7.95. The van der Waals surface area contributed by atoms with Crippen LogP contribution in [0.25, 0.3) is 11.3 Å². The lowest BCUT2D eigenvalue weighted by Gasteiger charge is -2.11. The van der Waals surface area contributed by atoms with E-state index >= 15 is 0 Å². The van der Waals surface area contributed by atoms with Crippen molar-refractivity contribution in [1.29, 1.82) is 5.26 Å². The van der Waals surface area contributed by atoms with E-state index in [0.717, 1.165) is 29.7 Å². The molecule has 1 heterocycles. The number of anilines is 1. The summed E-state index contributed by atoms with van der Waals surface area (Å²) in [5.74, 6) is 0.177. The minimum Gasteiger partial charge on any atom is -0.403 e. The van der Waals surface area contributed by atoms with Gasteiger partial charge in [-0.2, -0.15) is 5.26 Å². The molecule has 2 aliphatic rings. The number of allylic oxidation sites excluding steroid dienone is 1. The Morgan fingerprint density at radius 3 is 2.67 bits per heavy atom. The van der Waals surface area contributed by atoms with Crippen molar-refractivity contribution < 1.29 is 4.79 Å². The molecule has 0 unspecified atom stereocenters. The maximum absolute atomic E-state index is 12.4. The molecule has 1 amide bonds. The third-order valence-electron chi connectivity index (χ3n) is 5.12. The minimum absolute atomic E-state index is 0.241. The quantitative estimate of drug-likeness (QED) is 0.612. The van der Waals surface area contributed by atoms with E-state index in [0.29, 0.717) is 36.1 Å². The Balaban J connectivity index is 1.49. The molecule has 4 rings (SSSR count). The van der Waals surface area contributed by atoms with Crippen LogP contribution in [0.4, 0.5) is 5.95 Å². The Kier molecular flexibility index (Phi) is 5.19. The molecule has 30 heavy (non-hydrogen) atoms. The van der Waals surface area contributed by atoms with Crippen LogP contribution in [-0.4, -0.2) is 33.7 Å². The highest BCUT2D eigenvalue weighted by atomic mass is 16.1. The molecule has 2 saturated carbocycles. The van der Waals surface area contributed by atoms with Gasteiger partial charge in [-0.15, -0.1) is 0 Å². The van der Waals surface area contributed by atoms with Gasteiger partial charge in [0.15, 0.2) is 0 Å². The van der Waals surface area contributed by atoms with Gasteiger partial charge in [0.25, 0.3) is 5.91 Å². The minimum atomic E-state index is -0.684. The largest absolute Gasteiger partial charge is 0.403 e. The first-order chi connectivity index (χ1) is 14.5. The molecule has 0 bridgehead atoms. The number of aromatic nitrogens is 2. The second-order valence-electron chi connectivity index (χ2n) is 7.71. The number of nitrogens with zero attached hydrogens (tertiary/aromatic N) is 4. The first kappa shape index (κ1) is 19.6. The Labute approximate surface area is 174 Å². The molecule has 152 valence electrons. The zero-order valence-corrected chi connectivity index (χ0v) is 16.7. The van der Waals surface area contributed by atoms with Crippen molar-refractivity contribution in [2.75, 3.05) is 5.32 Å². The smallest absolute Gasteiger partial charge is 0.252 e. The van der Waals surface area contributed by atoms with Crippen LogP contribution < -0.4 is 16.4 Å². The van der Waals surface area contributed by atoms with Crippen molar-refractivity contribution in [3.8, 4) is 17.3 Å². The van der Waals surface area contributed by atoms with Gasteiger partial charge in [0, 0.05) is 29.7 Å². The Hall–Kier alpha value is -3.73. The van der Waals surface area contributed by atoms with Crippen molar-refractivity contribution in [2.24, 2.45) is 10.7 Å². The molecule has 2 aromatic rings. The molecular weight excluding hydrogens is 378 g/mol. The molecule has 1 aromatic carbocycles. The summed E-state index contributed by atoms with van der Waals surface area (Å²) < 4.78 is 0. The normalized spacial score (nSPS) is 17.4. The lowest BCUT2D eigenvalue weighted by atomic mass is 10.1. The summed E-state index contributed by atoms with van der Waals surface area (Å²) in [4.78, 5) is 25.7. The number of aryl methyl sites for hydroxylation is 1. The summed E-state index contributed by atoms with van der Waals surface area (Å²) in [6, 6.07) is 9.72. The molecule has 2 fully saturated rings. The first-order valence-corrected chi connectivity index (χ1v) is 9.92. The van der Waals surface area contributed by atoms with E-state index in [4.69, 9.17) is 11.0 Å². The van der Waals surface area contributed by atoms with Crippen molar-refractivity contribution in [3.63, 3.8) is 0 Å². The number of nitrogens with two attached hydrogens (primary N) is 1. The average Bonchev–Trinajstić information content (AvgIpc) is 3.69. The van der Waals surface area contributed by atoms with Crippen LogP contribution in [0.1, 0.15) is 41.6 Å². The molecule has 4 N–H and O–H groups in total. The van der Waals surface area contributed by atoms with Crippen LogP contribution in [0.5, 0.6) is 0 Å². The summed E-state index contributed by atoms with van der Waals surface area (Å²) >= 11 is 0. The summed E-state index contributed by atoms with van der Waals surface area (Å²) in [6.45, 7) is 1.93. The zero-order chi connectivity index (χ0) is 21.1. The van der Waals surface area contributed by atoms with Crippen molar-refractivity contribution in [1.82, 2.24) is 15.3 Å². The van der Waals surface area contributed by atoms with E-state index < -0.39 is 5.54 Å². The SMILES string of the molecule is Cc1cnc(NC(C=NC2CC2)=CN)nc1-c1ccc(C(=O)NC2(C#N)CC2)cc1. The van der Waals surface area contributed by atoms with E-state index in [9.17, 15) is 4.79 Å². The molecule has 0 saturated heterocycles. The number of carbonyl (C=O) groups is 1. The summed E-state index contributed by atoms with van der Waals surface area (Å²) in [6.07, 6.45) is 8.52. The maximum Gasteiger partial charge on any atom is 0.252 e. The number of rotatable bonds is 7. The van der Waals surface area contributed by atoms with Gasteiger partial charge in [-0.05, 0) is 50.3 Å². The van der Waals surface area contributed by atoms with Gasteiger partial charge >= 0.3 is 0 Å². The number of benzene rings is 1. The highest BCUT2D eigenvalue weighted by molar-refractivity contribution is 5.95. The number of carbonyl (C=O) groups excluding carboxylic acids is 1. The van der Waals surface area contributed by atoms with E-state index in [1.807, 2.05) is 19.1 Å². The van der Waals surface area contributed by atoms with E-state index in [1.54, 1.807) is 24.5 Å². The van der Waals surface area contributed by atoms with Gasteiger partial charge in [0.2, 0.25) is 5.95 Å². The summed E-state index contributed by atoms with van der Waals surface area (Å²) in [7, 11) is 0. The highest BCUT2D eigenvalue weighted by Gasteiger charge is 2.44. The van der Waals surface area contributed by atoms with E-state index in [1.165, 1.54) is 6.20 Å². The summed E-state index contributed by atoms with van der Waals surface area (Å²) in [5.41, 5.74) is 8.66. The van der Waals surface area contributed by atoms with Crippen LogP contribution in [0.2, 0.25) is 0 Å². The third kappa shape index (κ3) is 4.46. The van der Waals surface area contributed by atoms with Crippen molar-refractivity contribution in [2.45, 2.75) is 44.2 Å². The van der Waals surface area contributed by atoms with Crippen LogP contribution in [0.15, 0.2) is 47.4 Å². The predicted octanol–water partition coefficient (Wildman–Crippen LogP) is 2.68. The molecule has 8 nitrogen and oxygen atoms in total. The molecule has 0 aliphatic heterocycles. The van der Waals surface area contributed by atoms with Gasteiger partial charge in [-0.1, -0.05) is 12.1 Å². The first-order valence-electron chi connectivity index (χ1n) is 9.92. The van der Waals surface area contributed by atoms with Crippen LogP contribution in [0, 0.1) is 18.3 Å². The monoisotopic (exact) mass is 401 g/mol. The molecular formula is C22H23N7O.